The molecule has 0 N–H and O–H groups in total. The third kappa shape index (κ3) is 3.54. The summed E-state index contributed by atoms with van der Waals surface area (Å²) in [6, 6.07) is 2.61. The van der Waals surface area contributed by atoms with E-state index < -0.39 is 11.7 Å². The maximum absolute atomic E-state index is 12.7. The summed E-state index contributed by atoms with van der Waals surface area (Å²) >= 11 is 0. The summed E-state index contributed by atoms with van der Waals surface area (Å²) in [6.45, 7) is 3.55. The van der Waals surface area contributed by atoms with E-state index in [0.717, 1.165) is 57.1 Å². The molecule has 0 bridgehead atoms. The number of anilines is 1. The van der Waals surface area contributed by atoms with Crippen molar-refractivity contribution in [3.8, 4) is 0 Å². The SMILES string of the molecule is Cn1ccnc1CN1CCCC12CCN(c1ccc(C(F)(F)F)cn1)CC2. The number of piperidine rings is 1. The second kappa shape index (κ2) is 6.82. The van der Waals surface area contributed by atoms with Gasteiger partial charge in [0.2, 0.25) is 0 Å². The first kappa shape index (κ1) is 18.3. The largest absolute Gasteiger partial charge is 0.417 e. The van der Waals surface area contributed by atoms with Crippen LogP contribution < -0.4 is 4.90 Å². The van der Waals surface area contributed by atoms with Gasteiger partial charge in [-0.1, -0.05) is 0 Å². The van der Waals surface area contributed by atoms with Crippen LogP contribution in [0.2, 0.25) is 0 Å². The van der Waals surface area contributed by atoms with Gasteiger partial charge in [-0.3, -0.25) is 4.90 Å². The van der Waals surface area contributed by atoms with E-state index in [0.29, 0.717) is 5.82 Å². The van der Waals surface area contributed by atoms with Gasteiger partial charge >= 0.3 is 6.18 Å². The van der Waals surface area contributed by atoms with Crippen LogP contribution in [-0.2, 0) is 19.8 Å². The molecule has 0 aliphatic carbocycles. The molecule has 2 saturated heterocycles. The van der Waals surface area contributed by atoms with Crippen LogP contribution in [0, 0.1) is 0 Å². The Bertz CT molecular complexity index is 775. The van der Waals surface area contributed by atoms with E-state index >= 15 is 0 Å². The van der Waals surface area contributed by atoms with Crippen molar-refractivity contribution in [1.82, 2.24) is 19.4 Å². The third-order valence-electron chi connectivity index (χ3n) is 6.09. The molecule has 0 radical (unpaired) electrons. The van der Waals surface area contributed by atoms with E-state index in [4.69, 9.17) is 0 Å². The van der Waals surface area contributed by atoms with Gasteiger partial charge in [-0.2, -0.15) is 13.2 Å². The van der Waals surface area contributed by atoms with Gasteiger partial charge in [-0.05, 0) is 44.4 Å². The van der Waals surface area contributed by atoms with Gasteiger partial charge in [-0.25, -0.2) is 9.97 Å². The molecule has 0 atom stereocenters. The monoisotopic (exact) mass is 379 g/mol. The molecule has 5 nitrogen and oxygen atoms in total. The maximum Gasteiger partial charge on any atom is 0.417 e. The molecule has 27 heavy (non-hydrogen) atoms. The minimum absolute atomic E-state index is 0.175. The van der Waals surface area contributed by atoms with Crippen LogP contribution in [0.15, 0.2) is 30.7 Å². The predicted molar refractivity (Wildman–Crippen MR) is 96.3 cm³/mol. The zero-order valence-corrected chi connectivity index (χ0v) is 15.4. The predicted octanol–water partition coefficient (Wildman–Crippen LogP) is 3.47. The fourth-order valence-electron chi connectivity index (χ4n) is 4.42. The second-order valence-corrected chi connectivity index (χ2v) is 7.59. The highest BCUT2D eigenvalue weighted by Crippen LogP contribution is 2.40. The van der Waals surface area contributed by atoms with Gasteiger partial charge in [0.15, 0.2) is 0 Å². The number of imidazole rings is 1. The van der Waals surface area contributed by atoms with Crippen molar-refractivity contribution >= 4 is 5.82 Å². The molecular weight excluding hydrogens is 355 g/mol. The number of hydrogen-bond donors (Lipinski definition) is 0. The van der Waals surface area contributed by atoms with Crippen molar-refractivity contribution in [1.29, 1.82) is 0 Å². The number of alkyl halides is 3. The smallest absolute Gasteiger partial charge is 0.356 e. The number of rotatable bonds is 3. The molecule has 2 aromatic rings. The first-order chi connectivity index (χ1) is 12.9. The normalized spacial score (nSPS) is 20.5. The van der Waals surface area contributed by atoms with Crippen molar-refractivity contribution < 1.29 is 13.2 Å². The third-order valence-corrected chi connectivity index (χ3v) is 6.09. The van der Waals surface area contributed by atoms with Crippen molar-refractivity contribution in [3.05, 3.63) is 42.1 Å². The molecule has 4 rings (SSSR count). The average Bonchev–Trinajstić information content (AvgIpc) is 3.22. The average molecular weight is 379 g/mol. The Kier molecular flexibility index (Phi) is 4.61. The van der Waals surface area contributed by atoms with E-state index in [1.54, 1.807) is 0 Å². The van der Waals surface area contributed by atoms with E-state index in [2.05, 4.69) is 24.3 Å². The molecule has 2 aliphatic rings. The minimum Gasteiger partial charge on any atom is -0.356 e. The highest BCUT2D eigenvalue weighted by molar-refractivity contribution is 5.40. The number of aromatic nitrogens is 3. The lowest BCUT2D eigenvalue weighted by Crippen LogP contribution is -2.52. The van der Waals surface area contributed by atoms with Crippen molar-refractivity contribution in [2.75, 3.05) is 24.5 Å². The Morgan fingerprint density at radius 2 is 1.85 bits per heavy atom. The van der Waals surface area contributed by atoms with Gasteiger partial charge in [-0.15, -0.1) is 0 Å². The van der Waals surface area contributed by atoms with Crippen LogP contribution in [-0.4, -0.2) is 44.6 Å². The maximum atomic E-state index is 12.7. The standard InChI is InChI=1S/C19H24F3N5/c1-25-12-8-23-17(25)14-27-9-2-5-18(27)6-10-26(11-7-18)16-4-3-15(13-24-16)19(20,21)22/h3-4,8,12-13H,2,5-7,9-11,14H2,1H3. The number of hydrogen-bond acceptors (Lipinski definition) is 4. The first-order valence-electron chi connectivity index (χ1n) is 9.37. The van der Waals surface area contributed by atoms with Gasteiger partial charge < -0.3 is 9.47 Å². The van der Waals surface area contributed by atoms with Crippen LogP contribution in [0.5, 0.6) is 0 Å². The van der Waals surface area contributed by atoms with Gasteiger partial charge in [0.25, 0.3) is 0 Å². The molecule has 2 aromatic heterocycles. The summed E-state index contributed by atoms with van der Waals surface area (Å²) in [4.78, 5) is 13.2. The first-order valence-corrected chi connectivity index (χ1v) is 9.37. The van der Waals surface area contributed by atoms with Crippen LogP contribution in [0.1, 0.15) is 37.1 Å². The minimum atomic E-state index is -4.34. The topological polar surface area (TPSA) is 37.2 Å². The molecule has 1 spiro atoms. The van der Waals surface area contributed by atoms with Crippen LogP contribution in [0.3, 0.4) is 0 Å². The fourth-order valence-corrected chi connectivity index (χ4v) is 4.42. The molecule has 146 valence electrons. The molecule has 4 heterocycles. The van der Waals surface area contributed by atoms with E-state index in [1.165, 1.54) is 18.9 Å². The Hall–Kier alpha value is -2.09. The van der Waals surface area contributed by atoms with Gasteiger partial charge in [0, 0.05) is 44.3 Å². The van der Waals surface area contributed by atoms with E-state index in [9.17, 15) is 13.2 Å². The van der Waals surface area contributed by atoms with Crippen molar-refractivity contribution in [3.63, 3.8) is 0 Å². The quantitative estimate of drug-likeness (QED) is 0.818. The highest BCUT2D eigenvalue weighted by atomic mass is 19.4. The zero-order chi connectivity index (χ0) is 19.1. The van der Waals surface area contributed by atoms with Crippen LogP contribution in [0.25, 0.3) is 0 Å². The zero-order valence-electron chi connectivity index (χ0n) is 15.4. The molecule has 0 saturated carbocycles. The van der Waals surface area contributed by atoms with E-state index in [1.807, 2.05) is 19.4 Å². The van der Waals surface area contributed by atoms with Crippen molar-refractivity contribution in [2.24, 2.45) is 7.05 Å². The summed E-state index contributed by atoms with van der Waals surface area (Å²) in [6.07, 6.45) is 4.75. The molecular formula is C19H24F3N5. The van der Waals surface area contributed by atoms with Crippen molar-refractivity contribution in [2.45, 2.75) is 43.9 Å². The number of aryl methyl sites for hydroxylation is 1. The Morgan fingerprint density at radius 1 is 1.07 bits per heavy atom. The summed E-state index contributed by atoms with van der Waals surface area (Å²) in [5, 5.41) is 0. The number of nitrogens with zero attached hydrogens (tertiary/aromatic N) is 5. The van der Waals surface area contributed by atoms with Crippen LogP contribution in [0.4, 0.5) is 19.0 Å². The van der Waals surface area contributed by atoms with Gasteiger partial charge in [0.1, 0.15) is 11.6 Å². The Morgan fingerprint density at radius 3 is 2.44 bits per heavy atom. The second-order valence-electron chi connectivity index (χ2n) is 7.59. The van der Waals surface area contributed by atoms with Gasteiger partial charge in [0.05, 0.1) is 12.1 Å². The fraction of sp³-hybridized carbons (Fsp3) is 0.579. The summed E-state index contributed by atoms with van der Waals surface area (Å²) in [5.74, 6) is 1.70. The number of halogens is 3. The molecule has 0 aromatic carbocycles. The van der Waals surface area contributed by atoms with Crippen LogP contribution >= 0.6 is 0 Å². The lowest BCUT2D eigenvalue weighted by molar-refractivity contribution is -0.137. The molecule has 0 unspecified atom stereocenters. The highest BCUT2D eigenvalue weighted by Gasteiger charge is 2.43. The molecule has 2 aliphatic heterocycles. The molecule has 8 heteroatoms. The number of pyridine rings is 1. The molecule has 2 fully saturated rings. The van der Waals surface area contributed by atoms with E-state index in [-0.39, 0.29) is 5.54 Å². The lowest BCUT2D eigenvalue weighted by atomic mass is 9.85. The molecule has 0 amide bonds. The Balaban J connectivity index is 1.42. The summed E-state index contributed by atoms with van der Waals surface area (Å²) in [5.41, 5.74) is -0.522. The number of likely N-dealkylation sites (tertiary alicyclic amines) is 1. The lowest BCUT2D eigenvalue weighted by Gasteiger charge is -2.45. The summed E-state index contributed by atoms with van der Waals surface area (Å²) in [7, 11) is 2.02. The summed E-state index contributed by atoms with van der Waals surface area (Å²) < 4.78 is 40.2. The Labute approximate surface area is 156 Å².